The van der Waals surface area contributed by atoms with Gasteiger partial charge in [-0.3, -0.25) is 0 Å². The molecule has 0 aliphatic heterocycles. The first-order chi connectivity index (χ1) is 8.13. The molecule has 92 valence electrons. The number of aryl methyl sites for hydroxylation is 2. The second kappa shape index (κ2) is 6.58. The molecule has 0 spiro atoms. The van der Waals surface area contributed by atoms with Crippen molar-refractivity contribution < 1.29 is 9.53 Å². The summed E-state index contributed by atoms with van der Waals surface area (Å²) in [4.78, 5) is 11.2. The standard InChI is InChI=1S/C13H18N2O2/c1-4-7-14-13(16)15-9-17-12-6-5-10(2)11(3)8-12/h4-6,8H,1,7,9H2,2-3H3,(H2,14,15,16). The molecule has 0 heterocycles. The van der Waals surface area contributed by atoms with Crippen LogP contribution < -0.4 is 15.4 Å². The first kappa shape index (κ1) is 13.1. The fourth-order valence-electron chi connectivity index (χ4n) is 1.22. The van der Waals surface area contributed by atoms with Crippen molar-refractivity contribution in [3.8, 4) is 5.75 Å². The third-order valence-electron chi connectivity index (χ3n) is 2.36. The van der Waals surface area contributed by atoms with Gasteiger partial charge < -0.3 is 15.4 Å². The monoisotopic (exact) mass is 234 g/mol. The summed E-state index contributed by atoms with van der Waals surface area (Å²) in [6.45, 7) is 8.15. The minimum Gasteiger partial charge on any atom is -0.473 e. The van der Waals surface area contributed by atoms with Gasteiger partial charge >= 0.3 is 6.03 Å². The number of amides is 2. The number of hydrogen-bond acceptors (Lipinski definition) is 2. The molecule has 4 heteroatoms. The van der Waals surface area contributed by atoms with Gasteiger partial charge in [-0.15, -0.1) is 6.58 Å². The number of nitrogens with one attached hydrogen (secondary N) is 2. The van der Waals surface area contributed by atoms with Gasteiger partial charge in [0.15, 0.2) is 6.73 Å². The predicted molar refractivity (Wildman–Crippen MR) is 68.1 cm³/mol. The molecule has 0 unspecified atom stereocenters. The zero-order valence-corrected chi connectivity index (χ0v) is 10.2. The van der Waals surface area contributed by atoms with Crippen molar-refractivity contribution in [2.75, 3.05) is 13.3 Å². The average Bonchev–Trinajstić information content (AvgIpc) is 2.31. The maximum Gasteiger partial charge on any atom is 0.317 e. The third kappa shape index (κ3) is 4.59. The van der Waals surface area contributed by atoms with Crippen LogP contribution in [0.2, 0.25) is 0 Å². The molecule has 1 rings (SSSR count). The topological polar surface area (TPSA) is 50.4 Å². The summed E-state index contributed by atoms with van der Waals surface area (Å²) >= 11 is 0. The van der Waals surface area contributed by atoms with E-state index in [9.17, 15) is 4.79 Å². The molecule has 2 amide bonds. The normalized spacial score (nSPS) is 9.53. The summed E-state index contributed by atoms with van der Waals surface area (Å²) in [6.07, 6.45) is 1.61. The molecule has 0 radical (unpaired) electrons. The largest absolute Gasteiger partial charge is 0.473 e. The van der Waals surface area contributed by atoms with Gasteiger partial charge in [-0.05, 0) is 37.1 Å². The van der Waals surface area contributed by atoms with E-state index in [0.717, 1.165) is 5.75 Å². The molecule has 0 saturated carbocycles. The zero-order valence-electron chi connectivity index (χ0n) is 10.2. The number of benzene rings is 1. The molecule has 0 aliphatic carbocycles. The summed E-state index contributed by atoms with van der Waals surface area (Å²) in [5.74, 6) is 0.747. The Bertz CT molecular complexity index is 402. The van der Waals surface area contributed by atoms with Crippen LogP contribution in [0.5, 0.6) is 5.75 Å². The van der Waals surface area contributed by atoms with Crippen LogP contribution in [0.25, 0.3) is 0 Å². The number of carbonyl (C=O) groups excluding carboxylic acids is 1. The second-order valence-corrected chi connectivity index (χ2v) is 3.71. The molecular weight excluding hydrogens is 216 g/mol. The predicted octanol–water partition coefficient (Wildman–Crippen LogP) is 2.12. The molecule has 0 bridgehead atoms. The van der Waals surface area contributed by atoms with Crippen molar-refractivity contribution in [1.82, 2.24) is 10.6 Å². The number of urea groups is 1. The van der Waals surface area contributed by atoms with Crippen LogP contribution in [0.1, 0.15) is 11.1 Å². The quantitative estimate of drug-likeness (QED) is 0.605. The molecule has 0 atom stereocenters. The molecule has 17 heavy (non-hydrogen) atoms. The number of ether oxygens (including phenoxy) is 1. The van der Waals surface area contributed by atoms with Crippen molar-refractivity contribution in [2.45, 2.75) is 13.8 Å². The molecule has 1 aromatic carbocycles. The fraction of sp³-hybridized carbons (Fsp3) is 0.308. The van der Waals surface area contributed by atoms with Crippen LogP contribution in [0.3, 0.4) is 0 Å². The van der Waals surface area contributed by atoms with Crippen molar-refractivity contribution in [3.05, 3.63) is 42.0 Å². The van der Waals surface area contributed by atoms with Gasteiger partial charge in [0.05, 0.1) is 0 Å². The molecule has 2 N–H and O–H groups in total. The van der Waals surface area contributed by atoms with E-state index in [4.69, 9.17) is 4.74 Å². The van der Waals surface area contributed by atoms with E-state index in [0.29, 0.717) is 6.54 Å². The van der Waals surface area contributed by atoms with Crippen LogP contribution in [-0.2, 0) is 0 Å². The lowest BCUT2D eigenvalue weighted by Crippen LogP contribution is -2.37. The molecule has 0 saturated heterocycles. The van der Waals surface area contributed by atoms with Gasteiger partial charge in [0, 0.05) is 6.54 Å². The Labute approximate surface area is 102 Å². The number of carbonyl (C=O) groups is 1. The van der Waals surface area contributed by atoms with E-state index in [2.05, 4.69) is 17.2 Å². The van der Waals surface area contributed by atoms with Gasteiger partial charge in [-0.2, -0.15) is 0 Å². The van der Waals surface area contributed by atoms with Gasteiger partial charge in [-0.1, -0.05) is 12.1 Å². The first-order valence-corrected chi connectivity index (χ1v) is 5.46. The second-order valence-electron chi connectivity index (χ2n) is 3.71. The van der Waals surface area contributed by atoms with Gasteiger partial charge in [0.2, 0.25) is 0 Å². The minimum absolute atomic E-state index is 0.144. The van der Waals surface area contributed by atoms with Crippen molar-refractivity contribution in [1.29, 1.82) is 0 Å². The Morgan fingerprint density at radius 3 is 2.76 bits per heavy atom. The highest BCUT2D eigenvalue weighted by atomic mass is 16.5. The SMILES string of the molecule is C=CCNC(=O)NCOc1ccc(C)c(C)c1. The highest BCUT2D eigenvalue weighted by Crippen LogP contribution is 2.15. The van der Waals surface area contributed by atoms with Gasteiger partial charge in [0.25, 0.3) is 0 Å². The van der Waals surface area contributed by atoms with Crippen LogP contribution in [0.15, 0.2) is 30.9 Å². The Balaban J connectivity index is 2.33. The maximum absolute atomic E-state index is 11.2. The van der Waals surface area contributed by atoms with Crippen molar-refractivity contribution in [3.63, 3.8) is 0 Å². The van der Waals surface area contributed by atoms with Gasteiger partial charge in [-0.25, -0.2) is 4.79 Å². The van der Waals surface area contributed by atoms with E-state index in [1.165, 1.54) is 11.1 Å². The summed E-state index contributed by atoms with van der Waals surface area (Å²) in [6, 6.07) is 5.54. The Hall–Kier alpha value is -1.97. The molecule has 4 nitrogen and oxygen atoms in total. The summed E-state index contributed by atoms with van der Waals surface area (Å²) in [5.41, 5.74) is 2.38. The molecule has 0 aliphatic rings. The molecule has 1 aromatic rings. The summed E-state index contributed by atoms with van der Waals surface area (Å²) in [5, 5.41) is 5.17. The van der Waals surface area contributed by atoms with Crippen LogP contribution in [-0.4, -0.2) is 19.3 Å². The first-order valence-electron chi connectivity index (χ1n) is 5.46. The summed E-state index contributed by atoms with van der Waals surface area (Å²) < 4.78 is 5.39. The Morgan fingerprint density at radius 1 is 1.35 bits per heavy atom. The van der Waals surface area contributed by atoms with E-state index < -0.39 is 0 Å². The number of hydrogen-bond donors (Lipinski definition) is 2. The maximum atomic E-state index is 11.2. The zero-order chi connectivity index (χ0) is 12.7. The van der Waals surface area contributed by atoms with Gasteiger partial charge in [0.1, 0.15) is 5.75 Å². The van der Waals surface area contributed by atoms with Crippen molar-refractivity contribution >= 4 is 6.03 Å². The van der Waals surface area contributed by atoms with Crippen LogP contribution >= 0.6 is 0 Å². The van der Waals surface area contributed by atoms with Crippen LogP contribution in [0.4, 0.5) is 4.79 Å². The lowest BCUT2D eigenvalue weighted by Gasteiger charge is -2.09. The molecule has 0 fully saturated rings. The minimum atomic E-state index is -0.270. The van der Waals surface area contributed by atoms with E-state index in [1.54, 1.807) is 6.08 Å². The Kier molecular flexibility index (Phi) is 5.07. The fourth-order valence-corrected chi connectivity index (χ4v) is 1.22. The molecular formula is C13H18N2O2. The van der Waals surface area contributed by atoms with E-state index >= 15 is 0 Å². The highest BCUT2D eigenvalue weighted by Gasteiger charge is 1.99. The highest BCUT2D eigenvalue weighted by molar-refractivity contribution is 5.73. The van der Waals surface area contributed by atoms with Crippen LogP contribution in [0, 0.1) is 13.8 Å². The lowest BCUT2D eigenvalue weighted by molar-refractivity contribution is 0.225. The van der Waals surface area contributed by atoms with E-state index in [-0.39, 0.29) is 12.8 Å². The van der Waals surface area contributed by atoms with Crippen molar-refractivity contribution in [2.24, 2.45) is 0 Å². The third-order valence-corrected chi connectivity index (χ3v) is 2.36. The molecule has 0 aromatic heterocycles. The lowest BCUT2D eigenvalue weighted by atomic mass is 10.1. The number of rotatable bonds is 5. The average molecular weight is 234 g/mol. The smallest absolute Gasteiger partial charge is 0.317 e. The van der Waals surface area contributed by atoms with E-state index in [1.807, 2.05) is 32.0 Å². The summed E-state index contributed by atoms with van der Waals surface area (Å²) in [7, 11) is 0. The Morgan fingerprint density at radius 2 is 2.12 bits per heavy atom.